The maximum Gasteiger partial charge on any atom is 0.223 e. The molecule has 0 spiro atoms. The van der Waals surface area contributed by atoms with Gasteiger partial charge in [0.2, 0.25) is 17.7 Å². The molecule has 0 fully saturated rings. The summed E-state index contributed by atoms with van der Waals surface area (Å²) in [6.07, 6.45) is 16.0. The normalized spacial score (nSPS) is 10.1. The van der Waals surface area contributed by atoms with Gasteiger partial charge < -0.3 is 30.2 Å². The lowest BCUT2D eigenvalue weighted by molar-refractivity contribution is -0.122. The Labute approximate surface area is 202 Å². The molecule has 0 bridgehead atoms. The minimum atomic E-state index is -0.158. The zero-order valence-corrected chi connectivity index (χ0v) is 19.7. The molecular formula is C24H36N4O6. The Morgan fingerprint density at radius 3 is 1.12 bits per heavy atom. The van der Waals surface area contributed by atoms with Crippen LogP contribution in [0.15, 0.2) is 0 Å². The van der Waals surface area contributed by atoms with E-state index in [9.17, 15) is 14.4 Å². The van der Waals surface area contributed by atoms with Crippen LogP contribution >= 0.6 is 0 Å². The second kappa shape index (κ2) is 23.1. The van der Waals surface area contributed by atoms with Crippen LogP contribution in [0.4, 0.5) is 0 Å². The molecule has 0 atom stereocenters. The highest BCUT2D eigenvalue weighted by atomic mass is 16.5. The molecule has 0 heterocycles. The van der Waals surface area contributed by atoms with Crippen LogP contribution in [-0.4, -0.2) is 102 Å². The van der Waals surface area contributed by atoms with E-state index >= 15 is 0 Å². The summed E-state index contributed by atoms with van der Waals surface area (Å²) in [5, 5.41) is 7.73. The van der Waals surface area contributed by atoms with Crippen LogP contribution in [0.3, 0.4) is 0 Å². The molecule has 0 unspecified atom stereocenters. The van der Waals surface area contributed by atoms with Crippen molar-refractivity contribution in [1.29, 1.82) is 0 Å². The first kappa shape index (κ1) is 30.9. The topological polar surface area (TPSA) is 118 Å². The Balaban J connectivity index is 4.18. The highest BCUT2D eigenvalue weighted by Gasteiger charge is 2.08. The Morgan fingerprint density at radius 1 is 0.559 bits per heavy atom. The quantitative estimate of drug-likeness (QED) is 0.140. The molecule has 10 heteroatoms. The van der Waals surface area contributed by atoms with Crippen molar-refractivity contribution in [3.63, 3.8) is 0 Å². The molecule has 0 saturated carbocycles. The summed E-state index contributed by atoms with van der Waals surface area (Å²) in [6, 6.07) is 0. The fraction of sp³-hybridized carbons (Fsp3) is 0.625. The molecule has 10 nitrogen and oxygen atoms in total. The van der Waals surface area contributed by atoms with E-state index in [0.717, 1.165) is 0 Å². The number of nitrogens with one attached hydrogen (secondary N) is 3. The van der Waals surface area contributed by atoms with Gasteiger partial charge in [0.1, 0.15) is 0 Å². The van der Waals surface area contributed by atoms with Gasteiger partial charge in [-0.15, -0.1) is 19.3 Å². The van der Waals surface area contributed by atoms with Crippen LogP contribution in [-0.2, 0) is 28.6 Å². The van der Waals surface area contributed by atoms with Gasteiger partial charge in [0, 0.05) is 38.9 Å². The lowest BCUT2D eigenvalue weighted by Gasteiger charge is -2.22. The lowest BCUT2D eigenvalue weighted by atomic mass is 10.4. The van der Waals surface area contributed by atoms with E-state index in [-0.39, 0.29) is 76.4 Å². The molecule has 0 aliphatic carbocycles. The zero-order valence-electron chi connectivity index (χ0n) is 19.7. The average molecular weight is 477 g/mol. The summed E-state index contributed by atoms with van der Waals surface area (Å²) in [7, 11) is 0. The van der Waals surface area contributed by atoms with Gasteiger partial charge in [-0.1, -0.05) is 17.8 Å². The van der Waals surface area contributed by atoms with Gasteiger partial charge in [0.25, 0.3) is 0 Å². The molecule has 0 saturated heterocycles. The SMILES string of the molecule is C#CCNC(=O)CCOCCN(CCOCCC(=O)NCC#C)CCOCCC(=O)NCC#C. The van der Waals surface area contributed by atoms with Gasteiger partial charge in [-0.25, -0.2) is 0 Å². The molecule has 0 aliphatic heterocycles. The van der Waals surface area contributed by atoms with E-state index in [4.69, 9.17) is 33.5 Å². The molecule has 0 aromatic heterocycles. The highest BCUT2D eigenvalue weighted by molar-refractivity contribution is 5.76. The first-order valence-corrected chi connectivity index (χ1v) is 11.1. The van der Waals surface area contributed by atoms with Crippen LogP contribution in [0.25, 0.3) is 0 Å². The summed E-state index contributed by atoms with van der Waals surface area (Å²) >= 11 is 0. The predicted octanol–water partition coefficient (Wildman–Crippen LogP) is -1.24. The van der Waals surface area contributed by atoms with Gasteiger partial charge in [-0.2, -0.15) is 0 Å². The number of amides is 3. The summed E-state index contributed by atoms with van der Waals surface area (Å²) in [5.41, 5.74) is 0. The van der Waals surface area contributed by atoms with E-state index < -0.39 is 0 Å². The Bertz CT molecular complexity index is 613. The van der Waals surface area contributed by atoms with E-state index in [1.165, 1.54) is 0 Å². The molecule has 3 N–H and O–H groups in total. The minimum absolute atomic E-state index is 0.158. The lowest BCUT2D eigenvalue weighted by Crippen LogP contribution is -2.35. The van der Waals surface area contributed by atoms with Gasteiger partial charge in [-0.05, 0) is 0 Å². The second-order valence-corrected chi connectivity index (χ2v) is 6.87. The Morgan fingerprint density at radius 2 is 0.853 bits per heavy atom. The van der Waals surface area contributed by atoms with Gasteiger partial charge in [0.15, 0.2) is 0 Å². The molecule has 34 heavy (non-hydrogen) atoms. The largest absolute Gasteiger partial charge is 0.380 e. The van der Waals surface area contributed by atoms with Crippen LogP contribution in [0.5, 0.6) is 0 Å². The van der Waals surface area contributed by atoms with E-state index in [0.29, 0.717) is 39.5 Å². The van der Waals surface area contributed by atoms with E-state index in [1.54, 1.807) is 0 Å². The number of carbonyl (C=O) groups is 3. The summed E-state index contributed by atoms with van der Waals surface area (Å²) < 4.78 is 16.6. The van der Waals surface area contributed by atoms with Crippen LogP contribution in [0, 0.1) is 37.0 Å². The van der Waals surface area contributed by atoms with Crippen LogP contribution < -0.4 is 16.0 Å². The number of nitrogens with zero attached hydrogens (tertiary/aromatic N) is 1. The molecule has 3 amide bonds. The fourth-order valence-corrected chi connectivity index (χ4v) is 2.43. The molecule has 0 radical (unpaired) electrons. The Kier molecular flexibility index (Phi) is 21.0. The van der Waals surface area contributed by atoms with Gasteiger partial charge in [-0.3, -0.25) is 19.3 Å². The van der Waals surface area contributed by atoms with Crippen LogP contribution in [0.2, 0.25) is 0 Å². The third kappa shape index (κ3) is 20.8. The maximum atomic E-state index is 11.5. The molecule has 0 aromatic rings. The van der Waals surface area contributed by atoms with Crippen molar-refractivity contribution in [3.05, 3.63) is 0 Å². The fourth-order valence-electron chi connectivity index (χ4n) is 2.43. The summed E-state index contributed by atoms with van der Waals surface area (Å²) in [4.78, 5) is 36.6. The number of rotatable bonds is 21. The highest BCUT2D eigenvalue weighted by Crippen LogP contribution is 1.94. The van der Waals surface area contributed by atoms with Crippen molar-refractivity contribution in [2.45, 2.75) is 19.3 Å². The predicted molar refractivity (Wildman–Crippen MR) is 128 cm³/mol. The molecule has 0 aromatic carbocycles. The standard InChI is InChI=1S/C24H36N4O6/c1-4-10-25-22(29)7-16-32-19-13-28(14-20-33-17-8-23(30)26-11-5-2)15-21-34-18-9-24(31)27-12-6-3/h1-3H,7-21H2,(H,25,29)(H,26,30)(H,27,31). The number of ether oxygens (including phenoxy) is 3. The third-order valence-electron chi connectivity index (χ3n) is 4.24. The maximum absolute atomic E-state index is 11.5. The van der Waals surface area contributed by atoms with Crippen molar-refractivity contribution < 1.29 is 28.6 Å². The average Bonchev–Trinajstić information content (AvgIpc) is 2.83. The van der Waals surface area contributed by atoms with Crippen molar-refractivity contribution in [2.24, 2.45) is 0 Å². The van der Waals surface area contributed by atoms with Crippen molar-refractivity contribution in [2.75, 3.05) is 78.9 Å². The zero-order chi connectivity index (χ0) is 25.3. The number of terminal acetylenes is 3. The van der Waals surface area contributed by atoms with Crippen molar-refractivity contribution in [1.82, 2.24) is 20.9 Å². The van der Waals surface area contributed by atoms with Crippen LogP contribution in [0.1, 0.15) is 19.3 Å². The van der Waals surface area contributed by atoms with E-state index in [2.05, 4.69) is 38.6 Å². The molecule has 0 rings (SSSR count). The number of hydrogen-bond acceptors (Lipinski definition) is 7. The van der Waals surface area contributed by atoms with E-state index in [1.807, 2.05) is 0 Å². The number of hydrogen-bond donors (Lipinski definition) is 3. The van der Waals surface area contributed by atoms with Crippen molar-refractivity contribution >= 4 is 17.7 Å². The molecule has 188 valence electrons. The monoisotopic (exact) mass is 476 g/mol. The third-order valence-corrected chi connectivity index (χ3v) is 4.24. The second-order valence-electron chi connectivity index (χ2n) is 6.87. The van der Waals surface area contributed by atoms with Gasteiger partial charge in [0.05, 0.1) is 59.3 Å². The minimum Gasteiger partial charge on any atom is -0.380 e. The summed E-state index contributed by atoms with van der Waals surface area (Å²) in [6.45, 7) is 4.53. The van der Waals surface area contributed by atoms with Crippen molar-refractivity contribution in [3.8, 4) is 37.0 Å². The molecular weight excluding hydrogens is 440 g/mol. The van der Waals surface area contributed by atoms with Gasteiger partial charge >= 0.3 is 0 Å². The summed E-state index contributed by atoms with van der Waals surface area (Å²) in [5.74, 6) is 6.54. The number of carbonyl (C=O) groups excluding carboxylic acids is 3. The molecule has 0 aliphatic rings. The first-order valence-electron chi connectivity index (χ1n) is 11.1. The Hall–Kier alpha value is -3.07. The first-order chi connectivity index (χ1) is 16.5. The smallest absolute Gasteiger partial charge is 0.223 e.